The van der Waals surface area contributed by atoms with Crippen LogP contribution in [0.4, 0.5) is 10.1 Å². The lowest BCUT2D eigenvalue weighted by Gasteiger charge is -2.08. The second-order valence-electron chi connectivity index (χ2n) is 4.35. The van der Waals surface area contributed by atoms with Gasteiger partial charge < -0.3 is 10.3 Å². The fourth-order valence-corrected chi connectivity index (χ4v) is 2.22. The van der Waals surface area contributed by atoms with E-state index in [4.69, 9.17) is 11.6 Å². The van der Waals surface area contributed by atoms with Crippen LogP contribution in [0, 0.1) is 5.82 Å². The Bertz CT molecular complexity index is 721. The fourth-order valence-electron chi connectivity index (χ4n) is 2.04. The van der Waals surface area contributed by atoms with Gasteiger partial charge in [-0.25, -0.2) is 4.39 Å². The predicted molar refractivity (Wildman–Crippen MR) is 77.0 cm³/mol. The maximum atomic E-state index is 13.7. The number of fused-ring (bicyclic) bond motifs is 1. The molecule has 2 nitrogen and oxygen atoms in total. The molecule has 96 valence electrons. The van der Waals surface area contributed by atoms with Crippen LogP contribution in [0.15, 0.2) is 48.7 Å². The summed E-state index contributed by atoms with van der Waals surface area (Å²) in [7, 11) is 0. The molecule has 0 aliphatic carbocycles. The number of hydrogen-bond acceptors (Lipinski definition) is 1. The van der Waals surface area contributed by atoms with Gasteiger partial charge in [-0.3, -0.25) is 0 Å². The molecular formula is C15H12ClFN2. The molecule has 1 heterocycles. The molecular weight excluding hydrogens is 263 g/mol. The minimum atomic E-state index is -0.412. The smallest absolute Gasteiger partial charge is 0.164 e. The summed E-state index contributed by atoms with van der Waals surface area (Å²) in [6.45, 7) is 0.548. The van der Waals surface area contributed by atoms with Gasteiger partial charge in [0, 0.05) is 18.3 Å². The Labute approximate surface area is 115 Å². The van der Waals surface area contributed by atoms with E-state index in [0.29, 0.717) is 12.2 Å². The highest BCUT2D eigenvalue weighted by molar-refractivity contribution is 6.31. The molecule has 0 saturated carbocycles. The molecule has 0 saturated heterocycles. The number of rotatable bonds is 3. The van der Waals surface area contributed by atoms with Crippen LogP contribution in [0.25, 0.3) is 10.9 Å². The molecule has 0 aliphatic rings. The molecule has 0 fully saturated rings. The lowest BCUT2D eigenvalue weighted by molar-refractivity contribution is 0.630. The first-order chi connectivity index (χ1) is 9.24. The lowest BCUT2D eigenvalue weighted by atomic mass is 10.1. The Morgan fingerprint density at radius 2 is 2.05 bits per heavy atom. The Morgan fingerprint density at radius 1 is 1.16 bits per heavy atom. The SMILES string of the molecule is Fc1c(Cl)cccc1NCc1ccc2cc[nH]c2c1. The summed E-state index contributed by atoms with van der Waals surface area (Å²) in [5, 5.41) is 4.35. The van der Waals surface area contributed by atoms with E-state index in [1.165, 1.54) is 6.07 Å². The monoisotopic (exact) mass is 274 g/mol. The molecule has 4 heteroatoms. The van der Waals surface area contributed by atoms with Crippen LogP contribution >= 0.6 is 11.6 Å². The van der Waals surface area contributed by atoms with Gasteiger partial charge in [-0.1, -0.05) is 29.8 Å². The molecule has 3 rings (SSSR count). The summed E-state index contributed by atoms with van der Waals surface area (Å²) in [5.74, 6) is -0.412. The van der Waals surface area contributed by atoms with E-state index < -0.39 is 5.82 Å². The van der Waals surface area contributed by atoms with Crippen LogP contribution in [0.2, 0.25) is 5.02 Å². The summed E-state index contributed by atoms with van der Waals surface area (Å²) < 4.78 is 13.7. The van der Waals surface area contributed by atoms with E-state index in [9.17, 15) is 4.39 Å². The largest absolute Gasteiger partial charge is 0.379 e. The molecule has 0 unspecified atom stereocenters. The topological polar surface area (TPSA) is 27.8 Å². The van der Waals surface area contributed by atoms with Gasteiger partial charge in [0.1, 0.15) is 0 Å². The predicted octanol–water partition coefficient (Wildman–Crippen LogP) is 4.57. The summed E-state index contributed by atoms with van der Waals surface area (Å²) >= 11 is 5.74. The molecule has 3 aromatic rings. The van der Waals surface area contributed by atoms with Gasteiger partial charge in [0.25, 0.3) is 0 Å². The molecule has 0 spiro atoms. The number of nitrogens with one attached hydrogen (secondary N) is 2. The zero-order valence-electron chi connectivity index (χ0n) is 10.1. The van der Waals surface area contributed by atoms with Crippen molar-refractivity contribution < 1.29 is 4.39 Å². The van der Waals surface area contributed by atoms with Crippen molar-refractivity contribution in [3.05, 3.63) is 65.1 Å². The third-order valence-electron chi connectivity index (χ3n) is 3.05. The van der Waals surface area contributed by atoms with Crippen LogP contribution in [0.3, 0.4) is 0 Å². The zero-order chi connectivity index (χ0) is 13.2. The number of halogens is 2. The minimum absolute atomic E-state index is 0.129. The first-order valence-corrected chi connectivity index (χ1v) is 6.36. The molecule has 0 amide bonds. The molecule has 0 aliphatic heterocycles. The highest BCUT2D eigenvalue weighted by Crippen LogP contribution is 2.23. The average Bonchev–Trinajstić information content (AvgIpc) is 2.88. The Balaban J connectivity index is 1.80. The first kappa shape index (κ1) is 12.1. The van der Waals surface area contributed by atoms with Crippen LogP contribution in [-0.4, -0.2) is 4.98 Å². The third-order valence-corrected chi connectivity index (χ3v) is 3.35. The second kappa shape index (κ2) is 4.94. The van der Waals surface area contributed by atoms with Crippen molar-refractivity contribution >= 4 is 28.2 Å². The summed E-state index contributed by atoms with van der Waals surface area (Å²) in [6.07, 6.45) is 1.90. The van der Waals surface area contributed by atoms with E-state index in [1.54, 1.807) is 12.1 Å². The van der Waals surface area contributed by atoms with Crippen LogP contribution < -0.4 is 5.32 Å². The van der Waals surface area contributed by atoms with E-state index in [2.05, 4.69) is 10.3 Å². The van der Waals surface area contributed by atoms with Gasteiger partial charge in [-0.15, -0.1) is 0 Å². The Morgan fingerprint density at radius 3 is 2.95 bits per heavy atom. The maximum absolute atomic E-state index is 13.7. The molecule has 19 heavy (non-hydrogen) atoms. The van der Waals surface area contributed by atoms with Crippen molar-refractivity contribution in [1.82, 2.24) is 4.98 Å². The van der Waals surface area contributed by atoms with Gasteiger partial charge >= 0.3 is 0 Å². The lowest BCUT2D eigenvalue weighted by Crippen LogP contribution is -2.01. The van der Waals surface area contributed by atoms with Gasteiger partial charge in [0.2, 0.25) is 0 Å². The van der Waals surface area contributed by atoms with Gasteiger partial charge in [0.05, 0.1) is 10.7 Å². The molecule has 0 radical (unpaired) electrons. The van der Waals surface area contributed by atoms with Crippen LogP contribution in [0.5, 0.6) is 0 Å². The first-order valence-electron chi connectivity index (χ1n) is 5.98. The van der Waals surface area contributed by atoms with Gasteiger partial charge in [-0.05, 0) is 35.2 Å². The van der Waals surface area contributed by atoms with Crippen molar-refractivity contribution in [1.29, 1.82) is 0 Å². The van der Waals surface area contributed by atoms with Crippen LogP contribution in [0.1, 0.15) is 5.56 Å². The summed E-state index contributed by atoms with van der Waals surface area (Å²) in [5.41, 5.74) is 2.57. The number of benzene rings is 2. The standard InChI is InChI=1S/C15H12ClFN2/c16-12-2-1-3-13(15(12)17)19-9-10-4-5-11-6-7-18-14(11)8-10/h1-8,18-19H,9H2. The quantitative estimate of drug-likeness (QED) is 0.719. The van der Waals surface area contributed by atoms with E-state index in [0.717, 1.165) is 16.5 Å². The van der Waals surface area contributed by atoms with Crippen LogP contribution in [-0.2, 0) is 6.54 Å². The van der Waals surface area contributed by atoms with E-state index in [1.807, 2.05) is 30.5 Å². The number of aromatic amines is 1. The zero-order valence-corrected chi connectivity index (χ0v) is 10.8. The van der Waals surface area contributed by atoms with Crippen molar-refractivity contribution in [2.24, 2.45) is 0 Å². The third kappa shape index (κ3) is 2.42. The molecule has 2 aromatic carbocycles. The number of aromatic nitrogens is 1. The van der Waals surface area contributed by atoms with Crippen molar-refractivity contribution in [2.75, 3.05) is 5.32 Å². The number of anilines is 1. The minimum Gasteiger partial charge on any atom is -0.379 e. The van der Waals surface area contributed by atoms with Crippen molar-refractivity contribution in [2.45, 2.75) is 6.54 Å². The molecule has 2 N–H and O–H groups in total. The van der Waals surface area contributed by atoms with E-state index in [-0.39, 0.29) is 5.02 Å². The van der Waals surface area contributed by atoms with Crippen molar-refractivity contribution in [3.8, 4) is 0 Å². The molecule has 0 bridgehead atoms. The second-order valence-corrected chi connectivity index (χ2v) is 4.76. The van der Waals surface area contributed by atoms with Gasteiger partial charge in [-0.2, -0.15) is 0 Å². The number of hydrogen-bond donors (Lipinski definition) is 2. The van der Waals surface area contributed by atoms with Gasteiger partial charge in [0.15, 0.2) is 5.82 Å². The molecule has 0 atom stereocenters. The Hall–Kier alpha value is -2.00. The van der Waals surface area contributed by atoms with E-state index >= 15 is 0 Å². The summed E-state index contributed by atoms with van der Waals surface area (Å²) in [4.78, 5) is 3.16. The van der Waals surface area contributed by atoms with Crippen molar-refractivity contribution in [3.63, 3.8) is 0 Å². The highest BCUT2D eigenvalue weighted by atomic mass is 35.5. The summed E-state index contributed by atoms with van der Waals surface area (Å²) in [6, 6.07) is 13.1. The Kier molecular flexibility index (Phi) is 3.13. The number of H-pyrrole nitrogens is 1. The maximum Gasteiger partial charge on any atom is 0.164 e. The molecule has 1 aromatic heterocycles. The fraction of sp³-hybridized carbons (Fsp3) is 0.0667. The normalized spacial score (nSPS) is 10.8. The highest BCUT2D eigenvalue weighted by Gasteiger charge is 2.05. The average molecular weight is 275 g/mol.